The van der Waals surface area contributed by atoms with E-state index in [1.807, 2.05) is 17.4 Å². The number of furan rings is 2. The molecule has 0 radical (unpaired) electrons. The molecule has 0 amide bonds. The summed E-state index contributed by atoms with van der Waals surface area (Å²) in [6.45, 7) is 0. The Labute approximate surface area is 338 Å². The van der Waals surface area contributed by atoms with Gasteiger partial charge in [0.15, 0.2) is 0 Å². The highest BCUT2D eigenvalue weighted by atomic mass is 32.1. The maximum absolute atomic E-state index is 6.93. The molecule has 3 nitrogen and oxygen atoms in total. The Morgan fingerprint density at radius 3 is 1.76 bits per heavy atom. The van der Waals surface area contributed by atoms with E-state index in [0.717, 1.165) is 94.3 Å². The van der Waals surface area contributed by atoms with Crippen LogP contribution in [0, 0.1) is 0 Å². The van der Waals surface area contributed by atoms with Crippen molar-refractivity contribution in [1.82, 2.24) is 0 Å². The van der Waals surface area contributed by atoms with Gasteiger partial charge >= 0.3 is 0 Å². The van der Waals surface area contributed by atoms with E-state index < -0.39 is 0 Å². The Hall–Kier alpha value is -7.40. The highest BCUT2D eigenvalue weighted by Gasteiger charge is 2.26. The summed E-state index contributed by atoms with van der Waals surface area (Å²) >= 11 is 1.83. The van der Waals surface area contributed by atoms with Crippen LogP contribution in [-0.4, -0.2) is 0 Å². The predicted octanol–water partition coefficient (Wildman–Crippen LogP) is 16.3. The van der Waals surface area contributed by atoms with Gasteiger partial charge in [-0.2, -0.15) is 0 Å². The summed E-state index contributed by atoms with van der Waals surface area (Å²) in [5.41, 5.74) is 13.1. The third kappa shape index (κ3) is 5.19. The molecule has 0 spiro atoms. The summed E-state index contributed by atoms with van der Waals surface area (Å²) in [5.74, 6) is 0. The summed E-state index contributed by atoms with van der Waals surface area (Å²) in [7, 11) is 0. The predicted molar refractivity (Wildman–Crippen MR) is 245 cm³/mol. The fraction of sp³-hybridized carbons (Fsp3) is 0. The minimum Gasteiger partial charge on any atom is -0.456 e. The summed E-state index contributed by atoms with van der Waals surface area (Å²) in [6.07, 6.45) is 0. The number of hydrogen-bond donors (Lipinski definition) is 0. The van der Waals surface area contributed by atoms with E-state index in [0.29, 0.717) is 0 Å². The van der Waals surface area contributed by atoms with Gasteiger partial charge in [0.2, 0.25) is 0 Å². The summed E-state index contributed by atoms with van der Waals surface area (Å²) in [5, 5.41) is 6.78. The molecule has 272 valence electrons. The zero-order valence-electron chi connectivity index (χ0n) is 31.2. The van der Waals surface area contributed by atoms with Crippen molar-refractivity contribution in [3.63, 3.8) is 0 Å². The first-order valence-electron chi connectivity index (χ1n) is 19.6. The van der Waals surface area contributed by atoms with Crippen LogP contribution in [-0.2, 0) is 0 Å². The van der Waals surface area contributed by atoms with Crippen LogP contribution in [0.1, 0.15) is 0 Å². The zero-order chi connectivity index (χ0) is 38.2. The van der Waals surface area contributed by atoms with Crippen LogP contribution < -0.4 is 4.90 Å². The second kappa shape index (κ2) is 13.1. The number of fused-ring (bicyclic) bond motifs is 9. The van der Waals surface area contributed by atoms with E-state index in [2.05, 4.69) is 199 Å². The molecule has 0 aliphatic carbocycles. The molecule has 0 fully saturated rings. The van der Waals surface area contributed by atoms with Gasteiger partial charge in [-0.1, -0.05) is 140 Å². The molecule has 0 aliphatic rings. The Balaban J connectivity index is 1.21. The van der Waals surface area contributed by atoms with Crippen molar-refractivity contribution in [3.8, 4) is 33.4 Å². The SMILES string of the molecule is c1ccc(-c2ccc3c(c2)oc2cc(-c4ccccc4)cc(N(c4ccc5c(c4)sc4ccccc45)c4ccc(-c5ccccc5)c5oc6ccccc6c45)c23)cc1. The average molecular weight is 760 g/mol. The fourth-order valence-electron chi connectivity index (χ4n) is 8.77. The molecule has 0 atom stereocenters. The molecule has 58 heavy (non-hydrogen) atoms. The van der Waals surface area contributed by atoms with Crippen LogP contribution >= 0.6 is 11.3 Å². The Bertz CT molecular complexity index is 3510. The van der Waals surface area contributed by atoms with Crippen LogP contribution in [0.3, 0.4) is 0 Å². The molecule has 9 aromatic carbocycles. The molecule has 12 aromatic rings. The summed E-state index contributed by atoms with van der Waals surface area (Å²) < 4.78 is 16.3. The van der Waals surface area contributed by atoms with Gasteiger partial charge < -0.3 is 13.7 Å². The number of thiophene rings is 1. The van der Waals surface area contributed by atoms with Crippen LogP contribution in [0.4, 0.5) is 17.1 Å². The Morgan fingerprint density at radius 1 is 0.345 bits per heavy atom. The third-order valence-electron chi connectivity index (χ3n) is 11.5. The number of benzene rings is 9. The second-order valence-corrected chi connectivity index (χ2v) is 15.9. The van der Waals surface area contributed by atoms with Crippen molar-refractivity contribution in [2.24, 2.45) is 0 Å². The maximum Gasteiger partial charge on any atom is 0.145 e. The van der Waals surface area contributed by atoms with Gasteiger partial charge in [0.25, 0.3) is 0 Å². The van der Waals surface area contributed by atoms with Crippen molar-refractivity contribution in [2.75, 3.05) is 4.90 Å². The van der Waals surface area contributed by atoms with Gasteiger partial charge in [-0.15, -0.1) is 11.3 Å². The largest absolute Gasteiger partial charge is 0.456 e. The summed E-state index contributed by atoms with van der Waals surface area (Å²) in [6, 6.07) is 71.3. The number of anilines is 3. The lowest BCUT2D eigenvalue weighted by Crippen LogP contribution is -2.11. The van der Waals surface area contributed by atoms with E-state index in [-0.39, 0.29) is 0 Å². The zero-order valence-corrected chi connectivity index (χ0v) is 32.0. The normalized spacial score (nSPS) is 11.8. The monoisotopic (exact) mass is 759 g/mol. The fourth-order valence-corrected chi connectivity index (χ4v) is 9.91. The van der Waals surface area contributed by atoms with E-state index >= 15 is 0 Å². The number of hydrogen-bond acceptors (Lipinski definition) is 4. The number of nitrogens with zero attached hydrogens (tertiary/aromatic N) is 1. The van der Waals surface area contributed by atoms with Gasteiger partial charge in [0, 0.05) is 42.2 Å². The van der Waals surface area contributed by atoms with Crippen LogP contribution in [0.2, 0.25) is 0 Å². The lowest BCUT2D eigenvalue weighted by Gasteiger charge is -2.28. The van der Waals surface area contributed by atoms with Gasteiger partial charge in [-0.05, 0) is 88.5 Å². The third-order valence-corrected chi connectivity index (χ3v) is 12.6. The topological polar surface area (TPSA) is 29.5 Å². The molecule has 0 bridgehead atoms. The minimum absolute atomic E-state index is 0.832. The Kier molecular flexibility index (Phi) is 7.40. The van der Waals surface area contributed by atoms with E-state index in [4.69, 9.17) is 8.83 Å². The minimum atomic E-state index is 0.832. The molecule has 3 heterocycles. The molecule has 12 rings (SSSR count). The lowest BCUT2D eigenvalue weighted by molar-refractivity contribution is 0.669. The quantitative estimate of drug-likeness (QED) is 0.169. The molecule has 3 aromatic heterocycles. The average Bonchev–Trinajstić information content (AvgIpc) is 3.98. The van der Waals surface area contributed by atoms with E-state index in [1.54, 1.807) is 0 Å². The first-order chi connectivity index (χ1) is 28.7. The van der Waals surface area contributed by atoms with Gasteiger partial charge in [0.1, 0.15) is 22.3 Å². The molecule has 0 saturated carbocycles. The molecule has 0 unspecified atom stereocenters. The number of para-hydroxylation sites is 1. The highest BCUT2D eigenvalue weighted by molar-refractivity contribution is 7.25. The molecular formula is C54H33NO2S. The van der Waals surface area contributed by atoms with Crippen molar-refractivity contribution in [2.45, 2.75) is 0 Å². The van der Waals surface area contributed by atoms with Crippen molar-refractivity contribution in [3.05, 3.63) is 200 Å². The number of rotatable bonds is 6. The van der Waals surface area contributed by atoms with E-state index in [9.17, 15) is 0 Å². The standard InChI is InChI=1S/C54H33NO2S/c1-4-14-34(15-5-1)37-24-26-44-48(31-37)56-49-32-38(35-16-6-2-7-17-35)30-46(52(44)49)55(39-25-27-42-41-20-11-13-23-50(41)58-51(42)33-39)45-29-28-40(36-18-8-3-9-19-36)54-53(45)43-21-10-12-22-47(43)57-54/h1-33H. The van der Waals surface area contributed by atoms with Crippen LogP contribution in [0.15, 0.2) is 209 Å². The van der Waals surface area contributed by atoms with Crippen molar-refractivity contribution in [1.29, 1.82) is 0 Å². The lowest BCUT2D eigenvalue weighted by atomic mass is 9.97. The first-order valence-corrected chi connectivity index (χ1v) is 20.4. The molecule has 0 aliphatic heterocycles. The van der Waals surface area contributed by atoms with Crippen LogP contribution in [0.25, 0.3) is 97.4 Å². The van der Waals surface area contributed by atoms with Gasteiger partial charge in [-0.25, -0.2) is 0 Å². The van der Waals surface area contributed by atoms with Crippen molar-refractivity contribution >= 4 is 92.4 Å². The summed E-state index contributed by atoms with van der Waals surface area (Å²) in [4.78, 5) is 2.44. The first kappa shape index (κ1) is 32.8. The maximum atomic E-state index is 6.93. The molecule has 4 heteroatoms. The second-order valence-electron chi connectivity index (χ2n) is 14.8. The van der Waals surface area contributed by atoms with Gasteiger partial charge in [0.05, 0.1) is 22.1 Å². The highest BCUT2D eigenvalue weighted by Crippen LogP contribution is 2.51. The molecule has 0 N–H and O–H groups in total. The molecule has 0 saturated heterocycles. The molecular weight excluding hydrogens is 727 g/mol. The van der Waals surface area contributed by atoms with Crippen molar-refractivity contribution < 1.29 is 8.83 Å². The van der Waals surface area contributed by atoms with Crippen LogP contribution in [0.5, 0.6) is 0 Å². The van der Waals surface area contributed by atoms with Gasteiger partial charge in [-0.3, -0.25) is 0 Å². The Morgan fingerprint density at radius 2 is 0.966 bits per heavy atom. The smallest absolute Gasteiger partial charge is 0.145 e. The van der Waals surface area contributed by atoms with E-state index in [1.165, 1.54) is 20.2 Å².